The van der Waals surface area contributed by atoms with Crippen LogP contribution in [0.5, 0.6) is 0 Å². The molecule has 4 N–H and O–H groups in total. The number of carbonyl (C=O) groups excluding carboxylic acids is 3. The summed E-state index contributed by atoms with van der Waals surface area (Å²) in [7, 11) is 0. The summed E-state index contributed by atoms with van der Waals surface area (Å²) in [5.74, 6) is -0.0959. The Balaban J connectivity index is 1.27. The Morgan fingerprint density at radius 2 is 1.89 bits per heavy atom. The quantitative estimate of drug-likeness (QED) is 0.286. The van der Waals surface area contributed by atoms with Crippen LogP contribution in [0.15, 0.2) is 54.7 Å². The Morgan fingerprint density at radius 3 is 2.71 bits per heavy atom. The summed E-state index contributed by atoms with van der Waals surface area (Å²) in [6, 6.07) is 14.0. The molecule has 1 aliphatic rings. The smallest absolute Gasteiger partial charge is 0.408 e. The van der Waals surface area contributed by atoms with E-state index in [-0.39, 0.29) is 19.8 Å². The molecule has 10 heteroatoms. The molecule has 0 saturated heterocycles. The molecule has 10 nitrogen and oxygen atoms in total. The summed E-state index contributed by atoms with van der Waals surface area (Å²) in [4.78, 5) is 45.0. The van der Waals surface area contributed by atoms with Gasteiger partial charge in [0.1, 0.15) is 24.2 Å². The number of aromatic amines is 1. The molecular formula is C28H33N5O5. The van der Waals surface area contributed by atoms with Gasteiger partial charge in [0.15, 0.2) is 0 Å². The molecule has 0 bridgehead atoms. The number of aryl methyl sites for hydroxylation is 3. The molecule has 0 aliphatic carbocycles. The highest BCUT2D eigenvalue weighted by molar-refractivity contribution is 5.93. The lowest BCUT2D eigenvalue weighted by atomic mass is 10.1. The zero-order valence-corrected chi connectivity index (χ0v) is 21.4. The SMILES string of the molecule is CCOC(=O)C(CNC(=O)c1cc(CCc2ccc3c(n2)NCCC3)c[nH]1)NC(=O)OCc1ccccc1. The van der Waals surface area contributed by atoms with Crippen molar-refractivity contribution >= 4 is 23.8 Å². The first-order valence-electron chi connectivity index (χ1n) is 12.8. The zero-order chi connectivity index (χ0) is 26.7. The highest BCUT2D eigenvalue weighted by atomic mass is 16.6. The van der Waals surface area contributed by atoms with Gasteiger partial charge in [-0.15, -0.1) is 0 Å². The summed E-state index contributed by atoms with van der Waals surface area (Å²) in [6.45, 7) is 2.65. The van der Waals surface area contributed by atoms with E-state index in [9.17, 15) is 14.4 Å². The van der Waals surface area contributed by atoms with Gasteiger partial charge < -0.3 is 30.4 Å². The van der Waals surface area contributed by atoms with Crippen LogP contribution in [-0.2, 0) is 40.1 Å². The van der Waals surface area contributed by atoms with Crippen LogP contribution in [0.3, 0.4) is 0 Å². The molecule has 0 saturated carbocycles. The summed E-state index contributed by atoms with van der Waals surface area (Å²) in [5.41, 5.74) is 4.38. The normalized spacial score (nSPS) is 13.0. The average Bonchev–Trinajstić information content (AvgIpc) is 3.42. The standard InChI is InChI=1S/C28H33N5O5/c1-2-37-27(35)24(33-28(36)38-18-19-7-4-3-5-8-19)17-31-26(34)23-15-20(16-30-23)10-12-22-13-11-21-9-6-14-29-25(21)32-22/h3-5,7-8,11,13,15-16,24,30H,2,6,9-10,12,14,17-18H2,1H3,(H,29,32)(H,31,34)(H,33,36). The van der Waals surface area contributed by atoms with Crippen molar-refractivity contribution in [3.8, 4) is 0 Å². The Kier molecular flexibility index (Phi) is 9.33. The van der Waals surface area contributed by atoms with Crippen molar-refractivity contribution in [1.82, 2.24) is 20.6 Å². The van der Waals surface area contributed by atoms with Crippen LogP contribution in [0.4, 0.5) is 10.6 Å². The molecule has 3 heterocycles. The Labute approximate surface area is 221 Å². The van der Waals surface area contributed by atoms with E-state index < -0.39 is 24.0 Å². The van der Waals surface area contributed by atoms with E-state index in [1.807, 2.05) is 30.3 Å². The monoisotopic (exact) mass is 519 g/mol. The Hall–Kier alpha value is -4.34. The van der Waals surface area contributed by atoms with E-state index in [1.54, 1.807) is 19.2 Å². The average molecular weight is 520 g/mol. The highest BCUT2D eigenvalue weighted by Gasteiger charge is 2.24. The maximum absolute atomic E-state index is 12.7. The van der Waals surface area contributed by atoms with Gasteiger partial charge in [-0.2, -0.15) is 0 Å². The predicted molar refractivity (Wildman–Crippen MR) is 142 cm³/mol. The maximum atomic E-state index is 12.7. The van der Waals surface area contributed by atoms with E-state index in [4.69, 9.17) is 14.5 Å². The van der Waals surface area contributed by atoms with E-state index in [2.05, 4.69) is 33.1 Å². The van der Waals surface area contributed by atoms with Crippen LogP contribution in [0.25, 0.3) is 0 Å². The second-order valence-corrected chi connectivity index (χ2v) is 8.98. The molecule has 2 amide bonds. The molecular weight excluding hydrogens is 486 g/mol. The third-order valence-electron chi connectivity index (χ3n) is 6.15. The Morgan fingerprint density at radius 1 is 1.05 bits per heavy atom. The minimum atomic E-state index is -1.10. The van der Waals surface area contributed by atoms with Gasteiger partial charge >= 0.3 is 12.1 Å². The number of nitrogens with one attached hydrogen (secondary N) is 4. The van der Waals surface area contributed by atoms with Gasteiger partial charge in [0.25, 0.3) is 5.91 Å². The fourth-order valence-corrected chi connectivity index (χ4v) is 4.13. The molecule has 2 aromatic heterocycles. The molecule has 1 atom stereocenters. The van der Waals surface area contributed by atoms with Gasteiger partial charge in [-0.1, -0.05) is 36.4 Å². The molecule has 1 unspecified atom stereocenters. The third kappa shape index (κ3) is 7.58. The van der Waals surface area contributed by atoms with Crippen LogP contribution in [-0.4, -0.2) is 53.7 Å². The minimum absolute atomic E-state index is 0.0529. The van der Waals surface area contributed by atoms with Crippen molar-refractivity contribution in [3.63, 3.8) is 0 Å². The number of aromatic nitrogens is 2. The van der Waals surface area contributed by atoms with E-state index in [0.29, 0.717) is 5.69 Å². The van der Waals surface area contributed by atoms with Crippen molar-refractivity contribution in [2.75, 3.05) is 25.0 Å². The van der Waals surface area contributed by atoms with Gasteiger partial charge in [-0.3, -0.25) is 4.79 Å². The number of carbonyl (C=O) groups is 3. The molecule has 38 heavy (non-hydrogen) atoms. The number of esters is 1. The summed E-state index contributed by atoms with van der Waals surface area (Å²) >= 11 is 0. The van der Waals surface area contributed by atoms with E-state index >= 15 is 0 Å². The fraction of sp³-hybridized carbons (Fsp3) is 0.357. The van der Waals surface area contributed by atoms with Crippen LogP contribution < -0.4 is 16.0 Å². The number of amides is 2. The number of anilines is 1. The fourth-order valence-electron chi connectivity index (χ4n) is 4.13. The van der Waals surface area contributed by atoms with Gasteiger partial charge in [-0.05, 0) is 61.4 Å². The van der Waals surface area contributed by atoms with Crippen molar-refractivity contribution in [2.24, 2.45) is 0 Å². The molecule has 4 rings (SSSR count). The first kappa shape index (κ1) is 26.7. The minimum Gasteiger partial charge on any atom is -0.464 e. The van der Waals surface area contributed by atoms with Crippen LogP contribution in [0.1, 0.15) is 46.2 Å². The molecule has 1 aromatic carbocycles. The van der Waals surface area contributed by atoms with Crippen molar-refractivity contribution in [2.45, 2.75) is 45.3 Å². The van der Waals surface area contributed by atoms with E-state index in [0.717, 1.165) is 54.9 Å². The predicted octanol–water partition coefficient (Wildman–Crippen LogP) is 3.14. The van der Waals surface area contributed by atoms with Crippen molar-refractivity contribution in [3.05, 3.63) is 82.8 Å². The second kappa shape index (κ2) is 13.3. The number of fused-ring (bicyclic) bond motifs is 1. The molecule has 0 radical (unpaired) electrons. The number of nitrogens with zero attached hydrogens (tertiary/aromatic N) is 1. The van der Waals surface area contributed by atoms with Gasteiger partial charge in [-0.25, -0.2) is 14.6 Å². The molecule has 1 aliphatic heterocycles. The number of H-pyrrole nitrogens is 1. The van der Waals surface area contributed by atoms with Crippen LogP contribution in [0.2, 0.25) is 0 Å². The lowest BCUT2D eigenvalue weighted by molar-refractivity contribution is -0.145. The van der Waals surface area contributed by atoms with Crippen molar-refractivity contribution in [1.29, 1.82) is 0 Å². The summed E-state index contributed by atoms with van der Waals surface area (Å²) in [5, 5.41) is 8.50. The first-order valence-corrected chi connectivity index (χ1v) is 12.8. The zero-order valence-electron chi connectivity index (χ0n) is 21.4. The van der Waals surface area contributed by atoms with Crippen LogP contribution >= 0.6 is 0 Å². The molecule has 0 fully saturated rings. The number of benzene rings is 1. The highest BCUT2D eigenvalue weighted by Crippen LogP contribution is 2.20. The van der Waals surface area contributed by atoms with Gasteiger partial charge in [0, 0.05) is 25.0 Å². The second-order valence-electron chi connectivity index (χ2n) is 8.98. The van der Waals surface area contributed by atoms with Gasteiger partial charge in [0.2, 0.25) is 0 Å². The molecule has 0 spiro atoms. The number of hydrogen-bond acceptors (Lipinski definition) is 7. The first-order chi connectivity index (χ1) is 18.5. The summed E-state index contributed by atoms with van der Waals surface area (Å²) in [6.07, 6.45) is 4.64. The summed E-state index contributed by atoms with van der Waals surface area (Å²) < 4.78 is 10.2. The number of alkyl carbamates (subject to hydrolysis) is 1. The number of hydrogen-bond donors (Lipinski definition) is 4. The van der Waals surface area contributed by atoms with Crippen LogP contribution in [0, 0.1) is 0 Å². The topological polar surface area (TPSA) is 134 Å². The lowest BCUT2D eigenvalue weighted by Crippen LogP contribution is -2.49. The molecule has 200 valence electrons. The Bertz CT molecular complexity index is 1240. The van der Waals surface area contributed by atoms with Gasteiger partial charge in [0.05, 0.1) is 6.61 Å². The van der Waals surface area contributed by atoms with E-state index in [1.165, 1.54) is 5.56 Å². The number of ether oxygens (including phenoxy) is 2. The lowest BCUT2D eigenvalue weighted by Gasteiger charge is -2.17. The third-order valence-corrected chi connectivity index (χ3v) is 6.15. The number of pyridine rings is 1. The molecule has 3 aromatic rings. The maximum Gasteiger partial charge on any atom is 0.408 e. The van der Waals surface area contributed by atoms with Crippen molar-refractivity contribution < 1.29 is 23.9 Å². The largest absolute Gasteiger partial charge is 0.464 e. The number of rotatable bonds is 11.